The smallest absolute Gasteiger partial charge is 0.251 e. The quantitative estimate of drug-likeness (QED) is 0.922. The molecule has 114 valence electrons. The summed E-state index contributed by atoms with van der Waals surface area (Å²) in [5.41, 5.74) is 0.711. The van der Waals surface area contributed by atoms with E-state index in [4.69, 9.17) is 11.6 Å². The number of rotatable bonds is 2. The molecule has 1 unspecified atom stereocenters. The zero-order valence-corrected chi connectivity index (χ0v) is 13.1. The van der Waals surface area contributed by atoms with Crippen molar-refractivity contribution in [3.63, 3.8) is 0 Å². The van der Waals surface area contributed by atoms with E-state index in [0.29, 0.717) is 5.56 Å². The molecule has 2 aromatic rings. The third kappa shape index (κ3) is 2.59. The van der Waals surface area contributed by atoms with Gasteiger partial charge in [0, 0.05) is 35.1 Å². The van der Waals surface area contributed by atoms with Crippen LogP contribution < -0.4 is 5.32 Å². The van der Waals surface area contributed by atoms with E-state index in [9.17, 15) is 4.79 Å². The molecule has 2 heterocycles. The molecule has 2 bridgehead atoms. The number of halogens is 1. The molecule has 3 atom stereocenters. The van der Waals surface area contributed by atoms with Crippen LogP contribution in [0.3, 0.4) is 0 Å². The zero-order chi connectivity index (χ0) is 15.1. The van der Waals surface area contributed by atoms with Crippen molar-refractivity contribution < 1.29 is 4.79 Å². The normalized spacial score (nSPS) is 27.0. The Balaban J connectivity index is 1.53. The van der Waals surface area contributed by atoms with Crippen LogP contribution in [0.25, 0.3) is 10.8 Å². The molecule has 4 rings (SSSR count). The van der Waals surface area contributed by atoms with Gasteiger partial charge >= 0.3 is 0 Å². The number of nitrogens with zero attached hydrogens (tertiary/aromatic N) is 1. The lowest BCUT2D eigenvalue weighted by molar-refractivity contribution is 0.0909. The molecule has 2 fully saturated rings. The first-order chi connectivity index (χ1) is 10.7. The predicted octanol–water partition coefficient (Wildman–Crippen LogP) is 3.32. The molecular weight excluding hydrogens is 296 g/mol. The van der Waals surface area contributed by atoms with E-state index in [2.05, 4.69) is 10.2 Å². The van der Waals surface area contributed by atoms with E-state index < -0.39 is 0 Å². The number of hydrogen-bond acceptors (Lipinski definition) is 2. The van der Waals surface area contributed by atoms with E-state index in [0.717, 1.165) is 34.7 Å². The number of nitrogens with one attached hydrogen (secondary N) is 1. The highest BCUT2D eigenvalue weighted by Gasteiger charge is 2.32. The zero-order valence-electron chi connectivity index (χ0n) is 12.4. The fourth-order valence-electron chi connectivity index (χ4n) is 3.82. The lowest BCUT2D eigenvalue weighted by atomic mass is 9.96. The lowest BCUT2D eigenvalue weighted by Gasteiger charge is -2.30. The van der Waals surface area contributed by atoms with Gasteiger partial charge in [0.25, 0.3) is 5.91 Å². The van der Waals surface area contributed by atoms with Crippen molar-refractivity contribution in [1.29, 1.82) is 0 Å². The molecule has 3 nitrogen and oxygen atoms in total. The lowest BCUT2D eigenvalue weighted by Crippen LogP contribution is -2.47. The van der Waals surface area contributed by atoms with Crippen molar-refractivity contribution in [3.05, 3.63) is 47.0 Å². The number of piperidine rings is 1. The maximum Gasteiger partial charge on any atom is 0.251 e. The first-order valence-corrected chi connectivity index (χ1v) is 8.28. The molecule has 0 aliphatic carbocycles. The molecular formula is C18H19ClN2O. The Hall–Kier alpha value is -1.58. The summed E-state index contributed by atoms with van der Waals surface area (Å²) >= 11 is 6.18. The van der Waals surface area contributed by atoms with Gasteiger partial charge in [-0.25, -0.2) is 0 Å². The van der Waals surface area contributed by atoms with Gasteiger partial charge in [0.1, 0.15) is 0 Å². The first kappa shape index (κ1) is 14.0. The van der Waals surface area contributed by atoms with E-state index in [1.807, 2.05) is 36.4 Å². The van der Waals surface area contributed by atoms with Crippen molar-refractivity contribution in [1.82, 2.24) is 10.2 Å². The molecule has 0 aromatic heterocycles. The van der Waals surface area contributed by atoms with Gasteiger partial charge in [-0.2, -0.15) is 0 Å². The largest absolute Gasteiger partial charge is 0.348 e. The maximum absolute atomic E-state index is 12.5. The summed E-state index contributed by atoms with van der Waals surface area (Å²) in [5, 5.41) is 5.92. The molecule has 1 amide bonds. The van der Waals surface area contributed by atoms with Gasteiger partial charge in [-0.1, -0.05) is 29.8 Å². The van der Waals surface area contributed by atoms with Crippen LogP contribution in [0.4, 0.5) is 0 Å². The number of carbonyl (C=O) groups is 1. The second kappa shape index (κ2) is 5.56. The number of hydrogen-bond donors (Lipinski definition) is 1. The van der Waals surface area contributed by atoms with E-state index >= 15 is 0 Å². The Kier molecular flexibility index (Phi) is 3.55. The fraction of sp³-hybridized carbons (Fsp3) is 0.389. The Bertz CT molecular complexity index is 718. The van der Waals surface area contributed by atoms with Gasteiger partial charge in [0.05, 0.1) is 0 Å². The number of carbonyl (C=O) groups excluding carboxylic acids is 1. The van der Waals surface area contributed by atoms with Crippen LogP contribution in [0.1, 0.15) is 23.2 Å². The molecule has 2 aromatic carbocycles. The Morgan fingerprint density at radius 3 is 3.00 bits per heavy atom. The van der Waals surface area contributed by atoms with Crippen LogP contribution in [0.5, 0.6) is 0 Å². The van der Waals surface area contributed by atoms with Crippen LogP contribution in [-0.2, 0) is 0 Å². The summed E-state index contributed by atoms with van der Waals surface area (Å²) in [7, 11) is 0. The summed E-state index contributed by atoms with van der Waals surface area (Å²) in [4.78, 5) is 15.0. The highest BCUT2D eigenvalue weighted by molar-refractivity contribution is 6.35. The summed E-state index contributed by atoms with van der Waals surface area (Å²) in [6, 6.07) is 11.8. The van der Waals surface area contributed by atoms with Gasteiger partial charge in [-0.05, 0) is 48.9 Å². The third-order valence-electron chi connectivity index (χ3n) is 4.89. The number of amides is 1. The molecule has 0 spiro atoms. The second-order valence-electron chi connectivity index (χ2n) is 6.50. The number of benzene rings is 2. The summed E-state index contributed by atoms with van der Waals surface area (Å²) in [6.07, 6.45) is 2.39. The highest BCUT2D eigenvalue weighted by Crippen LogP contribution is 2.27. The maximum atomic E-state index is 12.5. The summed E-state index contributed by atoms with van der Waals surface area (Å²) in [6.45, 7) is 3.38. The van der Waals surface area contributed by atoms with Crippen molar-refractivity contribution in [2.45, 2.75) is 18.9 Å². The van der Waals surface area contributed by atoms with Crippen LogP contribution in [-0.4, -0.2) is 36.5 Å². The summed E-state index contributed by atoms with van der Waals surface area (Å²) in [5.74, 6) is 0.781. The second-order valence-corrected chi connectivity index (χ2v) is 6.90. The van der Waals surface area contributed by atoms with Gasteiger partial charge in [-0.3, -0.25) is 4.79 Å². The molecule has 2 saturated heterocycles. The topological polar surface area (TPSA) is 32.3 Å². The van der Waals surface area contributed by atoms with Gasteiger partial charge in [-0.15, -0.1) is 0 Å². The first-order valence-electron chi connectivity index (χ1n) is 7.90. The van der Waals surface area contributed by atoms with Gasteiger partial charge < -0.3 is 10.2 Å². The van der Waals surface area contributed by atoms with Crippen molar-refractivity contribution in [2.24, 2.45) is 5.92 Å². The molecule has 22 heavy (non-hydrogen) atoms. The van der Waals surface area contributed by atoms with Crippen LogP contribution >= 0.6 is 11.6 Å². The minimum Gasteiger partial charge on any atom is -0.348 e. The molecule has 2 aliphatic heterocycles. The van der Waals surface area contributed by atoms with Crippen LogP contribution in [0, 0.1) is 5.92 Å². The SMILES string of the molecule is O=C(N[C@@H]1C[C@@H]2CCN(C2)C1)c1ccc2c(Cl)cccc2c1. The van der Waals surface area contributed by atoms with Crippen molar-refractivity contribution >= 4 is 28.3 Å². The molecule has 2 aliphatic rings. The molecule has 1 N–H and O–H groups in total. The minimum absolute atomic E-state index is 0.0226. The van der Waals surface area contributed by atoms with E-state index in [1.165, 1.54) is 19.5 Å². The fourth-order valence-corrected chi connectivity index (χ4v) is 4.06. The Morgan fingerprint density at radius 1 is 1.23 bits per heavy atom. The standard InChI is InChI=1S/C18H19ClN2O/c19-17-3-1-2-13-9-14(4-5-16(13)17)18(22)20-15-8-12-6-7-21(10-12)11-15/h1-5,9,12,15H,6-8,10-11H2,(H,20,22)/t12-,15+/m0/s1. The third-order valence-corrected chi connectivity index (χ3v) is 5.22. The van der Waals surface area contributed by atoms with Crippen LogP contribution in [0.15, 0.2) is 36.4 Å². The Morgan fingerprint density at radius 2 is 2.14 bits per heavy atom. The van der Waals surface area contributed by atoms with Crippen LogP contribution in [0.2, 0.25) is 5.02 Å². The molecule has 4 heteroatoms. The molecule has 0 radical (unpaired) electrons. The van der Waals surface area contributed by atoms with Gasteiger partial charge in [0.2, 0.25) is 0 Å². The monoisotopic (exact) mass is 314 g/mol. The average molecular weight is 315 g/mol. The summed E-state index contributed by atoms with van der Waals surface area (Å²) < 4.78 is 0. The average Bonchev–Trinajstić information content (AvgIpc) is 2.86. The Labute approximate surface area is 135 Å². The van der Waals surface area contributed by atoms with Crippen molar-refractivity contribution in [3.8, 4) is 0 Å². The van der Waals surface area contributed by atoms with Gasteiger partial charge in [0.15, 0.2) is 0 Å². The predicted molar refractivity (Wildman–Crippen MR) is 89.4 cm³/mol. The highest BCUT2D eigenvalue weighted by atomic mass is 35.5. The molecule has 0 saturated carbocycles. The van der Waals surface area contributed by atoms with E-state index in [-0.39, 0.29) is 11.9 Å². The minimum atomic E-state index is 0.0226. The van der Waals surface area contributed by atoms with E-state index in [1.54, 1.807) is 0 Å². The number of fused-ring (bicyclic) bond motifs is 3. The van der Waals surface area contributed by atoms with Crippen molar-refractivity contribution in [2.75, 3.05) is 19.6 Å².